The second-order valence-electron chi connectivity index (χ2n) is 4.47. The Labute approximate surface area is 99.0 Å². The lowest BCUT2D eigenvalue weighted by molar-refractivity contribution is -0.0479. The second kappa shape index (κ2) is 3.47. The number of rotatable bonds is 2. The van der Waals surface area contributed by atoms with Crippen LogP contribution in [0, 0.1) is 0 Å². The maximum Gasteiger partial charge on any atom is 0.0955 e. The van der Waals surface area contributed by atoms with E-state index in [9.17, 15) is 0 Å². The molecule has 3 nitrogen and oxygen atoms in total. The van der Waals surface area contributed by atoms with Crippen molar-refractivity contribution in [2.45, 2.75) is 5.41 Å². The fourth-order valence-electron chi connectivity index (χ4n) is 2.14. The smallest absolute Gasteiger partial charge is 0.0955 e. The summed E-state index contributed by atoms with van der Waals surface area (Å²) in [5.74, 6) is 0.603. The highest BCUT2D eigenvalue weighted by Crippen LogP contribution is 2.34. The van der Waals surface area contributed by atoms with Crippen molar-refractivity contribution in [1.29, 1.82) is 0 Å². The minimum Gasteiger partial charge on any atom is -0.379 e. The summed E-state index contributed by atoms with van der Waals surface area (Å²) in [6.45, 7) is 1.43. The van der Waals surface area contributed by atoms with E-state index in [-0.39, 0.29) is 5.41 Å². The van der Waals surface area contributed by atoms with Crippen LogP contribution in [-0.2, 0) is 17.2 Å². The van der Waals surface area contributed by atoms with Crippen molar-refractivity contribution in [2.24, 2.45) is 7.05 Å². The largest absolute Gasteiger partial charge is 0.379 e. The third kappa shape index (κ3) is 1.28. The van der Waals surface area contributed by atoms with Gasteiger partial charge in [0.1, 0.15) is 0 Å². The van der Waals surface area contributed by atoms with Crippen molar-refractivity contribution >= 4 is 22.6 Å². The van der Waals surface area contributed by atoms with Gasteiger partial charge in [0.05, 0.1) is 36.0 Å². The number of ether oxygens (including phenoxy) is 1. The molecule has 0 N–H and O–H groups in total. The Bertz CT molecular complexity index is 525. The van der Waals surface area contributed by atoms with Gasteiger partial charge < -0.3 is 9.30 Å². The van der Waals surface area contributed by atoms with Crippen molar-refractivity contribution in [2.75, 3.05) is 19.1 Å². The maximum absolute atomic E-state index is 6.05. The van der Waals surface area contributed by atoms with Crippen LogP contribution in [0.1, 0.15) is 5.56 Å². The van der Waals surface area contributed by atoms with E-state index in [4.69, 9.17) is 16.3 Å². The normalized spacial score (nSPS) is 18.6. The van der Waals surface area contributed by atoms with E-state index in [0.29, 0.717) is 5.88 Å². The van der Waals surface area contributed by atoms with Crippen LogP contribution < -0.4 is 0 Å². The second-order valence-corrected chi connectivity index (χ2v) is 4.73. The first-order chi connectivity index (χ1) is 7.75. The molecule has 1 aromatic heterocycles. The molecule has 1 aliphatic heterocycles. The van der Waals surface area contributed by atoms with Gasteiger partial charge in [-0.15, -0.1) is 11.6 Å². The van der Waals surface area contributed by atoms with E-state index >= 15 is 0 Å². The zero-order chi connectivity index (χ0) is 11.2. The fourth-order valence-corrected chi connectivity index (χ4v) is 2.44. The average molecular weight is 237 g/mol. The molecule has 0 saturated carbocycles. The molecular formula is C12H13ClN2O. The van der Waals surface area contributed by atoms with E-state index in [1.807, 2.05) is 17.9 Å². The highest BCUT2D eigenvalue weighted by Gasteiger charge is 2.39. The number of imidazole rings is 1. The average Bonchev–Trinajstić information content (AvgIpc) is 2.60. The Hall–Kier alpha value is -1.06. The van der Waals surface area contributed by atoms with Crippen molar-refractivity contribution in [1.82, 2.24) is 9.55 Å². The predicted molar refractivity (Wildman–Crippen MR) is 63.9 cm³/mol. The monoisotopic (exact) mass is 236 g/mol. The Morgan fingerprint density at radius 1 is 1.50 bits per heavy atom. The highest BCUT2D eigenvalue weighted by atomic mass is 35.5. The van der Waals surface area contributed by atoms with Crippen LogP contribution in [0.3, 0.4) is 0 Å². The minimum atomic E-state index is 0.00721. The fraction of sp³-hybridized carbons (Fsp3) is 0.417. The van der Waals surface area contributed by atoms with Gasteiger partial charge in [-0.2, -0.15) is 0 Å². The molecule has 3 rings (SSSR count). The topological polar surface area (TPSA) is 27.1 Å². The lowest BCUT2D eigenvalue weighted by Crippen LogP contribution is -2.48. The SMILES string of the molecule is Cn1cnc2cc(C3(CCl)COC3)ccc21. The number of hydrogen-bond acceptors (Lipinski definition) is 2. The van der Waals surface area contributed by atoms with Crippen molar-refractivity contribution < 1.29 is 4.74 Å². The molecule has 84 valence electrons. The zero-order valence-electron chi connectivity index (χ0n) is 9.11. The molecule has 2 heterocycles. The lowest BCUT2D eigenvalue weighted by Gasteiger charge is -2.40. The van der Waals surface area contributed by atoms with Gasteiger partial charge in [0.25, 0.3) is 0 Å². The lowest BCUT2D eigenvalue weighted by atomic mass is 9.80. The molecule has 0 radical (unpaired) electrons. The minimum absolute atomic E-state index is 0.00721. The molecule has 0 aliphatic carbocycles. The van der Waals surface area contributed by atoms with Crippen LogP contribution in [-0.4, -0.2) is 28.6 Å². The number of aryl methyl sites for hydroxylation is 1. The standard InChI is InChI=1S/C12H13ClN2O/c1-15-8-14-10-4-9(2-3-11(10)15)12(5-13)6-16-7-12/h2-4,8H,5-7H2,1H3. The molecule has 4 heteroatoms. The van der Waals surface area contributed by atoms with Gasteiger partial charge in [-0.3, -0.25) is 0 Å². The van der Waals surface area contributed by atoms with E-state index in [2.05, 4.69) is 23.2 Å². The van der Waals surface area contributed by atoms with E-state index < -0.39 is 0 Å². The summed E-state index contributed by atoms with van der Waals surface area (Å²) >= 11 is 6.05. The molecule has 0 atom stereocenters. The number of fused-ring (bicyclic) bond motifs is 1. The number of nitrogens with zero attached hydrogens (tertiary/aromatic N) is 2. The van der Waals surface area contributed by atoms with Crippen LogP contribution in [0.2, 0.25) is 0 Å². The van der Waals surface area contributed by atoms with Gasteiger partial charge >= 0.3 is 0 Å². The summed E-state index contributed by atoms with van der Waals surface area (Å²) in [6, 6.07) is 6.36. The summed E-state index contributed by atoms with van der Waals surface area (Å²) in [4.78, 5) is 4.36. The van der Waals surface area contributed by atoms with Crippen LogP contribution in [0.15, 0.2) is 24.5 Å². The number of hydrogen-bond donors (Lipinski definition) is 0. The summed E-state index contributed by atoms with van der Waals surface area (Å²) < 4.78 is 7.31. The molecule has 1 fully saturated rings. The summed E-state index contributed by atoms with van der Waals surface area (Å²) in [6.07, 6.45) is 1.83. The zero-order valence-corrected chi connectivity index (χ0v) is 9.87. The van der Waals surface area contributed by atoms with Gasteiger partial charge in [0.15, 0.2) is 0 Å². The van der Waals surface area contributed by atoms with Crippen LogP contribution in [0.4, 0.5) is 0 Å². The van der Waals surface area contributed by atoms with Gasteiger partial charge in [-0.25, -0.2) is 4.98 Å². The molecule has 0 spiro atoms. The third-order valence-electron chi connectivity index (χ3n) is 3.35. The molecule has 0 amide bonds. The Balaban J connectivity index is 2.11. The molecule has 2 aromatic rings. The van der Waals surface area contributed by atoms with Crippen LogP contribution in [0.25, 0.3) is 11.0 Å². The van der Waals surface area contributed by atoms with E-state index in [1.54, 1.807) is 0 Å². The quantitative estimate of drug-likeness (QED) is 0.747. The number of benzene rings is 1. The summed E-state index contributed by atoms with van der Waals surface area (Å²) in [5, 5.41) is 0. The summed E-state index contributed by atoms with van der Waals surface area (Å²) in [7, 11) is 2.00. The first-order valence-electron chi connectivity index (χ1n) is 5.30. The third-order valence-corrected chi connectivity index (χ3v) is 3.86. The van der Waals surface area contributed by atoms with Gasteiger partial charge in [0.2, 0.25) is 0 Å². The van der Waals surface area contributed by atoms with E-state index in [0.717, 1.165) is 24.2 Å². The number of halogens is 1. The summed E-state index contributed by atoms with van der Waals surface area (Å²) in [5.41, 5.74) is 3.41. The van der Waals surface area contributed by atoms with Gasteiger partial charge in [-0.05, 0) is 17.7 Å². The van der Waals surface area contributed by atoms with Crippen LogP contribution >= 0.6 is 11.6 Å². The molecule has 0 unspecified atom stereocenters. The molecule has 0 bridgehead atoms. The van der Waals surface area contributed by atoms with Gasteiger partial charge in [-0.1, -0.05) is 6.07 Å². The first-order valence-corrected chi connectivity index (χ1v) is 5.84. The van der Waals surface area contributed by atoms with Crippen molar-refractivity contribution in [3.05, 3.63) is 30.1 Å². The highest BCUT2D eigenvalue weighted by molar-refractivity contribution is 6.18. The first kappa shape index (κ1) is 10.1. The van der Waals surface area contributed by atoms with Gasteiger partial charge in [0, 0.05) is 12.9 Å². The molecule has 16 heavy (non-hydrogen) atoms. The number of aromatic nitrogens is 2. The predicted octanol–water partition coefficient (Wildman–Crippen LogP) is 2.08. The molecular weight excluding hydrogens is 224 g/mol. The van der Waals surface area contributed by atoms with Crippen LogP contribution in [0.5, 0.6) is 0 Å². The molecule has 1 saturated heterocycles. The molecule has 1 aromatic carbocycles. The van der Waals surface area contributed by atoms with E-state index in [1.165, 1.54) is 5.56 Å². The number of alkyl halides is 1. The van der Waals surface area contributed by atoms with Crippen molar-refractivity contribution in [3.63, 3.8) is 0 Å². The molecule has 1 aliphatic rings. The Kier molecular flexibility index (Phi) is 2.19. The maximum atomic E-state index is 6.05. The Morgan fingerprint density at radius 2 is 2.31 bits per heavy atom. The van der Waals surface area contributed by atoms with Crippen molar-refractivity contribution in [3.8, 4) is 0 Å². The Morgan fingerprint density at radius 3 is 2.94 bits per heavy atom.